The van der Waals surface area contributed by atoms with Gasteiger partial charge in [0, 0.05) is 0 Å². The fourth-order valence-electron chi connectivity index (χ4n) is 2.24. The minimum absolute atomic E-state index is 0.120. The van der Waals surface area contributed by atoms with Gasteiger partial charge in [-0.25, -0.2) is 0 Å². The van der Waals surface area contributed by atoms with E-state index < -0.39 is 11.9 Å². The maximum atomic E-state index is 6.78. The van der Waals surface area contributed by atoms with Crippen LogP contribution in [0.15, 0.2) is 24.3 Å². The predicted molar refractivity (Wildman–Crippen MR) is 89.0 cm³/mol. The molecule has 2 rings (SSSR count). The van der Waals surface area contributed by atoms with E-state index in [9.17, 15) is 0 Å². The monoisotopic (exact) mass is 402 g/mol. The van der Waals surface area contributed by atoms with Gasteiger partial charge in [-0.05, 0) is 0 Å². The molecule has 1 heterocycles. The van der Waals surface area contributed by atoms with Gasteiger partial charge in [0.25, 0.3) is 0 Å². The van der Waals surface area contributed by atoms with E-state index in [-0.39, 0.29) is 6.10 Å². The number of halogens is 2. The molecule has 0 aliphatic carbocycles. The Morgan fingerprint density at radius 3 is 2.33 bits per heavy atom. The van der Waals surface area contributed by atoms with Gasteiger partial charge >= 0.3 is 157 Å². The molecule has 0 unspecified atom stereocenters. The van der Waals surface area contributed by atoms with Crippen LogP contribution in [0.3, 0.4) is 0 Å². The van der Waals surface area contributed by atoms with Gasteiger partial charge in [-0.1, -0.05) is 0 Å². The van der Waals surface area contributed by atoms with E-state index in [1.165, 1.54) is 0 Å². The average molecular weight is 402 g/mol. The standard InChI is InChI=1S/C10H12O.C3H4N2.2ClH.2Li.Ru/c1-8(2)11-10-7-5-4-6-9(10)3;1-2-5-3-4-1;;;;;/h3-8H,1-2H3;1-2H2;2*1H;;;/q;-2;;;2*+1;+2/p-2. The molecule has 1 aromatic carbocycles. The van der Waals surface area contributed by atoms with Gasteiger partial charge < -0.3 is 0 Å². The molecular formula is C13H16Cl2Li2N2ORu. The van der Waals surface area contributed by atoms with Crippen LogP contribution in [0, 0.1) is 0 Å². The van der Waals surface area contributed by atoms with E-state index >= 15 is 0 Å². The van der Waals surface area contributed by atoms with Crippen molar-refractivity contribution in [1.82, 2.24) is 7.43 Å². The van der Waals surface area contributed by atoms with Crippen LogP contribution in [0.25, 0.3) is 0 Å². The Morgan fingerprint density at radius 1 is 1.19 bits per heavy atom. The first-order chi connectivity index (χ1) is 9.81. The zero-order valence-electron chi connectivity index (χ0n) is 12.8. The third-order valence-corrected chi connectivity index (χ3v) is 8.97. The molecule has 8 heteroatoms. The first-order valence-electron chi connectivity index (χ1n) is 6.83. The SMILES string of the molecule is [Li][N]1CC[N]([Li])[C]1=[Ru]([Cl])([Cl])=[CH]c1ccccc1OC(C)C. The van der Waals surface area contributed by atoms with Gasteiger partial charge in [-0.3, -0.25) is 0 Å². The molecule has 0 amide bonds. The van der Waals surface area contributed by atoms with Crippen molar-refractivity contribution in [3.05, 3.63) is 29.8 Å². The molecule has 1 saturated heterocycles. The molecule has 1 aliphatic rings. The van der Waals surface area contributed by atoms with Crippen LogP contribution in [0.2, 0.25) is 0 Å². The molecule has 1 fully saturated rings. The van der Waals surface area contributed by atoms with Crippen molar-refractivity contribution in [2.45, 2.75) is 20.0 Å². The van der Waals surface area contributed by atoms with Crippen LogP contribution >= 0.6 is 19.4 Å². The molecule has 3 nitrogen and oxygen atoms in total. The summed E-state index contributed by atoms with van der Waals surface area (Å²) < 4.78 is 13.3. The molecule has 0 spiro atoms. The molecule has 0 aromatic heterocycles. The third-order valence-electron chi connectivity index (χ3n) is 3.11. The van der Waals surface area contributed by atoms with Gasteiger partial charge in [0.15, 0.2) is 0 Å². The summed E-state index contributed by atoms with van der Waals surface area (Å²) in [6.45, 7) is 5.95. The molecule has 0 atom stereocenters. The van der Waals surface area contributed by atoms with E-state index in [2.05, 4.69) is 7.43 Å². The average Bonchev–Trinajstić information content (AvgIpc) is 2.71. The van der Waals surface area contributed by atoms with Crippen molar-refractivity contribution >= 4 is 64.2 Å². The number of hydrogen-bond donors (Lipinski definition) is 0. The van der Waals surface area contributed by atoms with Gasteiger partial charge in [0.1, 0.15) is 0 Å². The number of benzene rings is 1. The second-order valence-corrected chi connectivity index (χ2v) is 14.6. The minimum atomic E-state index is -3.08. The summed E-state index contributed by atoms with van der Waals surface area (Å²) >= 11 is 1.01. The van der Waals surface area contributed by atoms with Crippen molar-refractivity contribution in [3.8, 4) is 5.75 Å². The molecule has 0 bridgehead atoms. The van der Waals surface area contributed by atoms with Crippen molar-refractivity contribution in [1.29, 1.82) is 0 Å². The van der Waals surface area contributed by atoms with E-state index in [1.807, 2.05) is 78.6 Å². The fourth-order valence-corrected chi connectivity index (χ4v) is 9.11. The number of hydrogen-bond acceptors (Lipinski definition) is 3. The summed E-state index contributed by atoms with van der Waals surface area (Å²) in [7, 11) is 13.6. The van der Waals surface area contributed by atoms with E-state index in [0.29, 0.717) is 0 Å². The van der Waals surface area contributed by atoms with Gasteiger partial charge in [-0.15, -0.1) is 0 Å². The van der Waals surface area contributed by atoms with Gasteiger partial charge in [0.2, 0.25) is 0 Å². The van der Waals surface area contributed by atoms with E-state index in [1.54, 1.807) is 0 Å². The number of para-hydroxylation sites is 1. The van der Waals surface area contributed by atoms with Crippen LogP contribution in [-0.2, 0) is 11.9 Å². The summed E-state index contributed by atoms with van der Waals surface area (Å²) in [5.41, 5.74) is 0.976. The fraction of sp³-hybridized carbons (Fsp3) is 0.385. The second-order valence-electron chi connectivity index (χ2n) is 5.35. The summed E-state index contributed by atoms with van der Waals surface area (Å²) in [6, 6.07) is 7.91. The Labute approximate surface area is 155 Å². The molecule has 21 heavy (non-hydrogen) atoms. The zero-order chi connectivity index (χ0) is 15.6. The number of rotatable bonds is 3. The van der Waals surface area contributed by atoms with Crippen molar-refractivity contribution in [3.63, 3.8) is 0 Å². The van der Waals surface area contributed by atoms with Crippen LogP contribution in [-0.4, -0.2) is 71.5 Å². The van der Waals surface area contributed by atoms with E-state index in [0.717, 1.165) is 28.8 Å². The Bertz CT molecular complexity index is 625. The van der Waals surface area contributed by atoms with Crippen LogP contribution in [0.1, 0.15) is 19.4 Å². The maximum absolute atomic E-state index is 6.78. The Kier molecular flexibility index (Phi) is 6.81. The van der Waals surface area contributed by atoms with Crippen molar-refractivity contribution in [2.75, 3.05) is 13.1 Å². The van der Waals surface area contributed by atoms with Crippen molar-refractivity contribution in [2.24, 2.45) is 0 Å². The first-order valence-corrected chi connectivity index (χ1v) is 13.2. The van der Waals surface area contributed by atoms with Gasteiger partial charge in [0.05, 0.1) is 0 Å². The molecule has 0 N–H and O–H groups in total. The molecular weight excluding hydrogens is 386 g/mol. The summed E-state index contributed by atoms with van der Waals surface area (Å²) in [4.78, 5) is 0. The normalized spacial score (nSPS) is 18.4. The van der Waals surface area contributed by atoms with Gasteiger partial charge in [-0.2, -0.15) is 0 Å². The second kappa shape index (κ2) is 7.77. The zero-order valence-corrected chi connectivity index (χ0v) is 16.0. The molecule has 1 aromatic rings. The van der Waals surface area contributed by atoms with Crippen LogP contribution in [0.4, 0.5) is 0 Å². The molecule has 1 aliphatic heterocycles. The predicted octanol–water partition coefficient (Wildman–Crippen LogP) is 1.96. The Hall–Kier alpha value is 1.08. The quantitative estimate of drug-likeness (QED) is 0.720. The Morgan fingerprint density at radius 2 is 1.76 bits per heavy atom. The molecule has 0 saturated carbocycles. The Balaban J connectivity index is 2.55. The summed E-state index contributed by atoms with van der Waals surface area (Å²) in [6.07, 6.45) is 0.120. The molecule has 0 radical (unpaired) electrons. The summed E-state index contributed by atoms with van der Waals surface area (Å²) in [5.74, 6) is 0.836. The van der Waals surface area contributed by atoms with Crippen molar-refractivity contribution < 1.29 is 16.6 Å². The number of nitrogens with zero attached hydrogens (tertiary/aromatic N) is 2. The third kappa shape index (κ3) is 4.78. The first kappa shape index (κ1) is 18.4. The van der Waals surface area contributed by atoms with Crippen LogP contribution in [0.5, 0.6) is 5.75 Å². The van der Waals surface area contributed by atoms with E-state index in [4.69, 9.17) is 24.1 Å². The molecule has 108 valence electrons. The summed E-state index contributed by atoms with van der Waals surface area (Å²) in [5, 5.41) is 0. The topological polar surface area (TPSA) is 15.7 Å². The van der Waals surface area contributed by atoms with Crippen LogP contribution < -0.4 is 4.74 Å². The number of ether oxygens (including phenoxy) is 1.